The number of rotatable bonds is 3. The topological polar surface area (TPSA) is 37.3 Å². The number of thioether (sulfide) groups is 1. The van der Waals surface area contributed by atoms with Gasteiger partial charge in [-0.05, 0) is 36.1 Å². The molecule has 2 aromatic rings. The molecule has 0 spiro atoms. The van der Waals surface area contributed by atoms with Crippen molar-refractivity contribution >= 4 is 40.4 Å². The molecule has 5 heteroatoms. The van der Waals surface area contributed by atoms with Crippen LogP contribution < -0.4 is 0 Å². The molecule has 0 amide bonds. The van der Waals surface area contributed by atoms with Gasteiger partial charge in [0.15, 0.2) is 0 Å². The molecule has 0 aromatic carbocycles. The average Bonchev–Trinajstić information content (AvgIpc) is 3.10. The van der Waals surface area contributed by atoms with Crippen LogP contribution >= 0.6 is 34.4 Å². The Morgan fingerprint density at radius 3 is 2.94 bits per heavy atom. The van der Waals surface area contributed by atoms with Gasteiger partial charge in [0.25, 0.3) is 0 Å². The van der Waals surface area contributed by atoms with Crippen LogP contribution in [0.25, 0.3) is 9.75 Å². The lowest BCUT2D eigenvalue weighted by atomic mass is 10.2. The van der Waals surface area contributed by atoms with Gasteiger partial charge >= 0.3 is 5.97 Å². The zero-order valence-corrected chi connectivity index (χ0v) is 12.0. The maximum Gasteiger partial charge on any atom is 0.337 e. The maximum absolute atomic E-state index is 11.3. The van der Waals surface area contributed by atoms with Crippen LogP contribution in [0, 0.1) is 0 Å². The van der Waals surface area contributed by atoms with Crippen LogP contribution in [0.2, 0.25) is 0 Å². The number of aromatic carboxylic acids is 1. The molecule has 2 aromatic heterocycles. The highest BCUT2D eigenvalue weighted by molar-refractivity contribution is 7.99. The Labute approximate surface area is 118 Å². The van der Waals surface area contributed by atoms with Gasteiger partial charge in [0, 0.05) is 15.0 Å². The van der Waals surface area contributed by atoms with E-state index < -0.39 is 5.97 Å². The summed E-state index contributed by atoms with van der Waals surface area (Å²) >= 11 is 5.20. The second kappa shape index (κ2) is 5.07. The molecule has 1 aliphatic rings. The molecule has 18 heavy (non-hydrogen) atoms. The zero-order chi connectivity index (χ0) is 12.5. The molecule has 0 radical (unpaired) electrons. The second-order valence-electron chi connectivity index (χ2n) is 4.18. The number of carboxylic acids is 1. The molecule has 2 nitrogen and oxygen atoms in total. The van der Waals surface area contributed by atoms with E-state index in [9.17, 15) is 9.90 Å². The monoisotopic (exact) mass is 296 g/mol. The fourth-order valence-corrected chi connectivity index (χ4v) is 5.69. The number of thiophene rings is 2. The van der Waals surface area contributed by atoms with Crippen molar-refractivity contribution in [3.63, 3.8) is 0 Å². The molecule has 94 valence electrons. The first-order valence-corrected chi connectivity index (χ1v) is 8.52. The van der Waals surface area contributed by atoms with Crippen LogP contribution in [0.1, 0.15) is 33.3 Å². The zero-order valence-electron chi connectivity index (χ0n) is 9.59. The Hall–Kier alpha value is -0.780. The molecular formula is C13H12O2S3. The van der Waals surface area contributed by atoms with Gasteiger partial charge in [-0.15, -0.1) is 22.7 Å². The van der Waals surface area contributed by atoms with Crippen molar-refractivity contribution < 1.29 is 9.90 Å². The minimum absolute atomic E-state index is 0.463. The normalized spacial score (nSPS) is 19.2. The summed E-state index contributed by atoms with van der Waals surface area (Å²) in [6.45, 7) is 0. The van der Waals surface area contributed by atoms with Gasteiger partial charge < -0.3 is 5.11 Å². The van der Waals surface area contributed by atoms with Gasteiger partial charge in [-0.25, -0.2) is 4.79 Å². The molecule has 1 unspecified atom stereocenters. The highest BCUT2D eigenvalue weighted by Crippen LogP contribution is 2.46. The third-order valence-electron chi connectivity index (χ3n) is 2.97. The van der Waals surface area contributed by atoms with Crippen molar-refractivity contribution in [1.82, 2.24) is 0 Å². The van der Waals surface area contributed by atoms with Gasteiger partial charge in [0.2, 0.25) is 0 Å². The van der Waals surface area contributed by atoms with E-state index in [1.54, 1.807) is 22.7 Å². The number of hydrogen-bond donors (Lipinski definition) is 1. The maximum atomic E-state index is 11.3. The Bertz CT molecular complexity index is 551. The van der Waals surface area contributed by atoms with Crippen LogP contribution in [0.3, 0.4) is 0 Å². The number of carboxylic acid groups (broad SMARTS) is 1. The van der Waals surface area contributed by atoms with Crippen molar-refractivity contribution in [2.45, 2.75) is 18.1 Å². The van der Waals surface area contributed by atoms with Crippen LogP contribution in [-0.2, 0) is 0 Å². The molecule has 1 fully saturated rings. The van der Waals surface area contributed by atoms with E-state index in [-0.39, 0.29) is 0 Å². The first kappa shape index (κ1) is 12.3. The van der Waals surface area contributed by atoms with Gasteiger partial charge in [0.1, 0.15) is 0 Å². The summed E-state index contributed by atoms with van der Waals surface area (Å²) in [6, 6.07) is 5.84. The summed E-state index contributed by atoms with van der Waals surface area (Å²) in [5.41, 5.74) is 0.463. The molecule has 1 N–H and O–H groups in total. The third kappa shape index (κ3) is 2.22. The molecule has 1 saturated heterocycles. The summed E-state index contributed by atoms with van der Waals surface area (Å²) in [6.07, 6.45) is 2.41. The summed E-state index contributed by atoms with van der Waals surface area (Å²) in [7, 11) is 0. The van der Waals surface area contributed by atoms with Crippen LogP contribution in [-0.4, -0.2) is 16.8 Å². The molecule has 1 aliphatic heterocycles. The second-order valence-corrected chi connectivity index (χ2v) is 7.52. The molecule has 0 aliphatic carbocycles. The first-order chi connectivity index (χ1) is 8.75. The minimum atomic E-state index is -0.816. The molecule has 0 bridgehead atoms. The molecule has 1 atom stereocenters. The highest BCUT2D eigenvalue weighted by atomic mass is 32.2. The van der Waals surface area contributed by atoms with Crippen molar-refractivity contribution in [3.8, 4) is 9.75 Å². The summed E-state index contributed by atoms with van der Waals surface area (Å²) in [4.78, 5) is 14.5. The lowest BCUT2D eigenvalue weighted by Gasteiger charge is -2.03. The summed E-state index contributed by atoms with van der Waals surface area (Å²) in [5, 5.41) is 11.8. The molecule has 0 saturated carbocycles. The van der Waals surface area contributed by atoms with E-state index in [2.05, 4.69) is 0 Å². The average molecular weight is 296 g/mol. The SMILES string of the molecule is O=C(O)c1cc(C2CCCS2)sc1-c1cccs1. The Morgan fingerprint density at radius 2 is 2.33 bits per heavy atom. The smallest absolute Gasteiger partial charge is 0.337 e. The van der Waals surface area contributed by atoms with Gasteiger partial charge in [-0.2, -0.15) is 11.8 Å². The highest BCUT2D eigenvalue weighted by Gasteiger charge is 2.24. The van der Waals surface area contributed by atoms with Crippen LogP contribution in [0.15, 0.2) is 23.6 Å². The predicted molar refractivity (Wildman–Crippen MR) is 79.0 cm³/mol. The fraction of sp³-hybridized carbons (Fsp3) is 0.308. The van der Waals surface area contributed by atoms with Gasteiger partial charge in [-0.3, -0.25) is 0 Å². The lowest BCUT2D eigenvalue weighted by molar-refractivity contribution is 0.0698. The predicted octanol–water partition coefficient (Wildman–Crippen LogP) is 4.74. The molecular weight excluding hydrogens is 284 g/mol. The van der Waals surface area contributed by atoms with E-state index in [0.29, 0.717) is 10.8 Å². The van der Waals surface area contributed by atoms with Crippen molar-refractivity contribution in [3.05, 3.63) is 34.0 Å². The Balaban J connectivity index is 2.04. The largest absolute Gasteiger partial charge is 0.478 e. The van der Waals surface area contributed by atoms with Crippen molar-refractivity contribution in [2.24, 2.45) is 0 Å². The van der Waals surface area contributed by atoms with E-state index in [1.165, 1.54) is 23.5 Å². The molecule has 3 heterocycles. The lowest BCUT2D eigenvalue weighted by Crippen LogP contribution is -1.95. The van der Waals surface area contributed by atoms with Gasteiger partial charge in [-0.1, -0.05) is 6.07 Å². The van der Waals surface area contributed by atoms with E-state index >= 15 is 0 Å². The first-order valence-electron chi connectivity index (χ1n) is 5.78. The van der Waals surface area contributed by atoms with Crippen LogP contribution in [0.5, 0.6) is 0 Å². The summed E-state index contributed by atoms with van der Waals surface area (Å²) < 4.78 is 0. The van der Waals surface area contributed by atoms with E-state index in [1.807, 2.05) is 35.3 Å². The Kier molecular flexibility index (Phi) is 3.46. The Morgan fingerprint density at radius 1 is 1.44 bits per heavy atom. The fourth-order valence-electron chi connectivity index (χ4n) is 2.12. The van der Waals surface area contributed by atoms with Gasteiger partial charge in [0.05, 0.1) is 10.4 Å². The molecule has 3 rings (SSSR count). The summed E-state index contributed by atoms with van der Waals surface area (Å²) in [5.74, 6) is 0.378. The van der Waals surface area contributed by atoms with Crippen molar-refractivity contribution in [2.75, 3.05) is 5.75 Å². The van der Waals surface area contributed by atoms with Crippen molar-refractivity contribution in [1.29, 1.82) is 0 Å². The van der Waals surface area contributed by atoms with E-state index in [0.717, 1.165) is 9.75 Å². The standard InChI is InChI=1S/C13H12O2S3/c14-13(15)8-7-11(9-3-1-5-16-9)18-12(8)10-4-2-6-17-10/h2,4,6-7,9H,1,3,5H2,(H,14,15). The van der Waals surface area contributed by atoms with E-state index in [4.69, 9.17) is 0 Å². The minimum Gasteiger partial charge on any atom is -0.478 e. The third-order valence-corrected chi connectivity index (χ3v) is 6.84. The number of carbonyl (C=O) groups is 1. The number of hydrogen-bond acceptors (Lipinski definition) is 4. The quantitative estimate of drug-likeness (QED) is 0.888. The van der Waals surface area contributed by atoms with Crippen LogP contribution in [0.4, 0.5) is 0 Å².